The van der Waals surface area contributed by atoms with Gasteiger partial charge in [0.2, 0.25) is 0 Å². The lowest BCUT2D eigenvalue weighted by Crippen LogP contribution is -2.15. The number of carbonyl (C=O) groups is 2. The lowest BCUT2D eigenvalue weighted by Gasteiger charge is -2.01. The second kappa shape index (κ2) is 5.12. The minimum absolute atomic E-state index is 0.403. The van der Waals surface area contributed by atoms with Crippen molar-refractivity contribution in [3.8, 4) is 0 Å². The fourth-order valence-electron chi connectivity index (χ4n) is 0.638. The molecule has 0 heterocycles. The fourth-order valence-corrected chi connectivity index (χ4v) is 0.638. The maximum absolute atomic E-state index is 10.4. The third-order valence-corrected chi connectivity index (χ3v) is 1.19. The third-order valence-electron chi connectivity index (χ3n) is 1.19. The van der Waals surface area contributed by atoms with Crippen LogP contribution < -0.4 is 0 Å². The molecule has 0 saturated heterocycles. The molecule has 0 radical (unpaired) electrons. The van der Waals surface area contributed by atoms with Gasteiger partial charge in [-0.2, -0.15) is 0 Å². The Balaban J connectivity index is 4.23. The molecular formula is C8H10O4. The smallest absolute Gasteiger partial charge is 0.310 e. The van der Waals surface area contributed by atoms with Crippen molar-refractivity contribution in [1.82, 2.24) is 0 Å². The van der Waals surface area contributed by atoms with Crippen LogP contribution >= 0.6 is 0 Å². The third kappa shape index (κ3) is 4.27. The van der Waals surface area contributed by atoms with Crippen LogP contribution in [-0.2, 0) is 9.59 Å². The average molecular weight is 170 g/mol. The van der Waals surface area contributed by atoms with Crippen LogP contribution in [0.3, 0.4) is 0 Å². The van der Waals surface area contributed by atoms with Gasteiger partial charge in [0, 0.05) is 0 Å². The first-order valence-corrected chi connectivity index (χ1v) is 3.31. The minimum atomic E-state index is -1.14. The Bertz CT molecular complexity index is 217. The highest BCUT2D eigenvalue weighted by molar-refractivity contribution is 5.79. The van der Waals surface area contributed by atoms with Gasteiger partial charge in [0.1, 0.15) is 0 Å². The Hall–Kier alpha value is -1.58. The zero-order chi connectivity index (χ0) is 9.56. The first-order valence-electron chi connectivity index (χ1n) is 3.31. The van der Waals surface area contributed by atoms with Crippen LogP contribution in [0.15, 0.2) is 24.8 Å². The van der Waals surface area contributed by atoms with Crippen LogP contribution in [0.2, 0.25) is 0 Å². The molecule has 0 fully saturated rings. The first kappa shape index (κ1) is 10.4. The van der Waals surface area contributed by atoms with Crippen LogP contribution in [0, 0.1) is 5.92 Å². The Morgan fingerprint density at radius 1 is 1.42 bits per heavy atom. The van der Waals surface area contributed by atoms with Crippen LogP contribution in [-0.4, -0.2) is 22.2 Å². The summed E-state index contributed by atoms with van der Waals surface area (Å²) >= 11 is 0. The molecule has 4 nitrogen and oxygen atoms in total. The molecule has 4 heteroatoms. The Morgan fingerprint density at radius 2 is 2.00 bits per heavy atom. The number of aliphatic carboxylic acids is 2. The maximum Gasteiger partial charge on any atom is 0.310 e. The molecule has 0 rings (SSSR count). The summed E-state index contributed by atoms with van der Waals surface area (Å²) in [6.45, 7) is 3.34. The molecule has 0 aromatic heterocycles. The van der Waals surface area contributed by atoms with Crippen molar-refractivity contribution >= 4 is 11.9 Å². The summed E-state index contributed by atoms with van der Waals surface area (Å²) in [7, 11) is 0. The largest absolute Gasteiger partial charge is 0.481 e. The molecule has 1 atom stereocenters. The molecule has 1 unspecified atom stereocenters. The zero-order valence-electron chi connectivity index (χ0n) is 6.43. The van der Waals surface area contributed by atoms with Gasteiger partial charge in [-0.3, -0.25) is 9.59 Å². The monoisotopic (exact) mass is 170 g/mol. The number of carboxylic acid groups (broad SMARTS) is 2. The zero-order valence-corrected chi connectivity index (χ0v) is 6.43. The quantitative estimate of drug-likeness (QED) is 0.601. The van der Waals surface area contributed by atoms with Crippen molar-refractivity contribution < 1.29 is 19.8 Å². The SMILES string of the molecule is C=CC=CC(CC(=O)O)C(=O)O. The van der Waals surface area contributed by atoms with Gasteiger partial charge < -0.3 is 10.2 Å². The highest BCUT2D eigenvalue weighted by Gasteiger charge is 2.16. The summed E-state index contributed by atoms with van der Waals surface area (Å²) in [6, 6.07) is 0. The van der Waals surface area contributed by atoms with Crippen LogP contribution in [0.4, 0.5) is 0 Å². The molecule has 0 aliphatic rings. The summed E-state index contributed by atoms with van der Waals surface area (Å²) in [5.41, 5.74) is 0. The second-order valence-electron chi connectivity index (χ2n) is 2.16. The van der Waals surface area contributed by atoms with Gasteiger partial charge in [-0.05, 0) is 0 Å². The van der Waals surface area contributed by atoms with Gasteiger partial charge in [0.25, 0.3) is 0 Å². The van der Waals surface area contributed by atoms with Crippen molar-refractivity contribution in [2.24, 2.45) is 5.92 Å². The van der Waals surface area contributed by atoms with E-state index in [0.717, 1.165) is 0 Å². The van der Waals surface area contributed by atoms with E-state index in [2.05, 4.69) is 6.58 Å². The van der Waals surface area contributed by atoms with Gasteiger partial charge >= 0.3 is 11.9 Å². The molecule has 0 aromatic rings. The van der Waals surface area contributed by atoms with E-state index in [-0.39, 0.29) is 0 Å². The molecule has 0 aliphatic carbocycles. The molecule has 0 spiro atoms. The predicted octanol–water partition coefficient (Wildman–Crippen LogP) is 0.904. The van der Waals surface area contributed by atoms with Gasteiger partial charge in [0.05, 0.1) is 12.3 Å². The normalized spacial score (nSPS) is 12.7. The van der Waals surface area contributed by atoms with E-state index in [4.69, 9.17) is 10.2 Å². The molecule has 0 saturated carbocycles. The highest BCUT2D eigenvalue weighted by atomic mass is 16.4. The lowest BCUT2D eigenvalue weighted by atomic mass is 10.1. The van der Waals surface area contributed by atoms with E-state index in [1.54, 1.807) is 0 Å². The number of carboxylic acids is 2. The van der Waals surface area contributed by atoms with Crippen molar-refractivity contribution in [2.45, 2.75) is 6.42 Å². The van der Waals surface area contributed by atoms with Crippen molar-refractivity contribution in [3.05, 3.63) is 24.8 Å². The predicted molar refractivity (Wildman–Crippen MR) is 42.7 cm³/mol. The Kier molecular flexibility index (Phi) is 4.45. The molecule has 0 amide bonds. The maximum atomic E-state index is 10.4. The summed E-state index contributed by atoms with van der Waals surface area (Å²) in [5, 5.41) is 16.8. The van der Waals surface area contributed by atoms with E-state index in [1.165, 1.54) is 18.2 Å². The number of allylic oxidation sites excluding steroid dienone is 2. The summed E-state index contributed by atoms with van der Waals surface area (Å²) in [5.74, 6) is -3.24. The second-order valence-corrected chi connectivity index (χ2v) is 2.16. The van der Waals surface area contributed by atoms with Gasteiger partial charge in [0.15, 0.2) is 0 Å². The van der Waals surface area contributed by atoms with Gasteiger partial charge in [-0.1, -0.05) is 24.8 Å². The summed E-state index contributed by atoms with van der Waals surface area (Å²) in [6.07, 6.45) is 3.71. The molecule has 2 N–H and O–H groups in total. The van der Waals surface area contributed by atoms with Crippen molar-refractivity contribution in [1.29, 1.82) is 0 Å². The number of rotatable bonds is 5. The molecule has 0 bridgehead atoms. The fraction of sp³-hybridized carbons (Fsp3) is 0.250. The standard InChI is InChI=1S/C8H10O4/c1-2-3-4-6(8(11)12)5-7(9)10/h2-4,6H,1,5H2,(H,9,10)(H,11,12). The van der Waals surface area contributed by atoms with Crippen molar-refractivity contribution in [2.75, 3.05) is 0 Å². The minimum Gasteiger partial charge on any atom is -0.481 e. The van der Waals surface area contributed by atoms with E-state index >= 15 is 0 Å². The van der Waals surface area contributed by atoms with E-state index in [0.29, 0.717) is 0 Å². The van der Waals surface area contributed by atoms with Gasteiger partial charge in [-0.15, -0.1) is 0 Å². The van der Waals surface area contributed by atoms with Crippen LogP contribution in [0.25, 0.3) is 0 Å². The van der Waals surface area contributed by atoms with Crippen LogP contribution in [0.1, 0.15) is 6.42 Å². The molecule has 0 aromatic carbocycles. The molecular weight excluding hydrogens is 160 g/mol. The average Bonchev–Trinajstić information content (AvgIpc) is 1.96. The summed E-state index contributed by atoms with van der Waals surface area (Å²) < 4.78 is 0. The molecule has 12 heavy (non-hydrogen) atoms. The summed E-state index contributed by atoms with van der Waals surface area (Å²) in [4.78, 5) is 20.5. The molecule has 66 valence electrons. The number of hydrogen-bond acceptors (Lipinski definition) is 2. The van der Waals surface area contributed by atoms with E-state index in [9.17, 15) is 9.59 Å². The Labute approximate surface area is 69.8 Å². The topological polar surface area (TPSA) is 74.6 Å². The van der Waals surface area contributed by atoms with Gasteiger partial charge in [-0.25, -0.2) is 0 Å². The number of hydrogen-bond donors (Lipinski definition) is 2. The highest BCUT2D eigenvalue weighted by Crippen LogP contribution is 2.05. The van der Waals surface area contributed by atoms with E-state index in [1.807, 2.05) is 0 Å². The van der Waals surface area contributed by atoms with Crippen molar-refractivity contribution in [3.63, 3.8) is 0 Å². The lowest BCUT2D eigenvalue weighted by molar-refractivity contribution is -0.146. The van der Waals surface area contributed by atoms with Crippen LogP contribution in [0.5, 0.6) is 0 Å². The first-order chi connectivity index (χ1) is 5.57. The Morgan fingerprint density at radius 3 is 2.33 bits per heavy atom. The molecule has 0 aliphatic heterocycles. The van der Waals surface area contributed by atoms with E-state index < -0.39 is 24.3 Å².